The van der Waals surface area contributed by atoms with Crippen molar-refractivity contribution < 1.29 is 13.2 Å². The molecule has 3 rings (SSSR count). The minimum Gasteiger partial charge on any atom is -0.339 e. The Morgan fingerprint density at radius 3 is 2.55 bits per heavy atom. The summed E-state index contributed by atoms with van der Waals surface area (Å²) < 4.78 is 29.6. The largest absolute Gasteiger partial charge is 0.339 e. The smallest absolute Gasteiger partial charge is 0.253 e. The number of carbonyl (C=O) groups is 1. The van der Waals surface area contributed by atoms with Crippen LogP contribution in [0.2, 0.25) is 5.02 Å². The summed E-state index contributed by atoms with van der Waals surface area (Å²) in [4.78, 5) is 14.3. The monoisotopic (exact) mass is 450 g/mol. The van der Waals surface area contributed by atoms with Gasteiger partial charge in [0.05, 0.1) is 0 Å². The Morgan fingerprint density at radius 2 is 1.86 bits per heavy atom. The molecule has 8 heteroatoms. The number of rotatable bonds is 7. The molecule has 0 aliphatic rings. The van der Waals surface area contributed by atoms with E-state index in [4.69, 9.17) is 11.6 Å². The van der Waals surface area contributed by atoms with Crippen molar-refractivity contribution in [1.29, 1.82) is 0 Å². The normalized spacial score (nSPS) is 11.7. The van der Waals surface area contributed by atoms with E-state index in [1.807, 2.05) is 19.9 Å². The average Bonchev–Trinajstić information content (AvgIpc) is 3.04. The van der Waals surface area contributed by atoms with Gasteiger partial charge in [-0.25, -0.2) is 13.1 Å². The minimum atomic E-state index is -3.69. The fourth-order valence-electron chi connectivity index (χ4n) is 3.18. The van der Waals surface area contributed by atoms with E-state index in [0.717, 1.165) is 15.6 Å². The van der Waals surface area contributed by atoms with Crippen LogP contribution in [0.4, 0.5) is 0 Å². The van der Waals surface area contributed by atoms with E-state index in [2.05, 4.69) is 4.72 Å². The van der Waals surface area contributed by atoms with Crippen molar-refractivity contribution in [3.63, 3.8) is 0 Å². The molecule has 29 heavy (non-hydrogen) atoms. The van der Waals surface area contributed by atoms with Crippen LogP contribution in [0.15, 0.2) is 46.7 Å². The standard InChI is InChI=1S/C21H23ClN2O3S2/c1-4-24(5-2)20(25)16-8-6-7-15(11-16)13-23-29(26,27)21-14(3)18-12-17(22)9-10-19(18)28-21/h6-12,23H,4-5,13H2,1-3H3. The van der Waals surface area contributed by atoms with E-state index in [1.165, 1.54) is 11.3 Å². The Labute approximate surface area is 180 Å². The van der Waals surface area contributed by atoms with Crippen LogP contribution in [0, 0.1) is 6.92 Å². The predicted octanol–water partition coefficient (Wildman–Crippen LogP) is 4.82. The van der Waals surface area contributed by atoms with Gasteiger partial charge < -0.3 is 4.90 Å². The first kappa shape index (κ1) is 21.8. The van der Waals surface area contributed by atoms with Gasteiger partial charge in [0.2, 0.25) is 0 Å². The molecule has 0 saturated carbocycles. The highest BCUT2D eigenvalue weighted by Crippen LogP contribution is 2.35. The number of nitrogens with zero attached hydrogens (tertiary/aromatic N) is 1. The van der Waals surface area contributed by atoms with Crippen LogP contribution in [0.1, 0.15) is 35.3 Å². The van der Waals surface area contributed by atoms with Crippen LogP contribution < -0.4 is 4.72 Å². The zero-order chi connectivity index (χ0) is 21.2. The molecule has 1 heterocycles. The van der Waals surface area contributed by atoms with Gasteiger partial charge in [-0.2, -0.15) is 0 Å². The molecule has 2 aromatic carbocycles. The van der Waals surface area contributed by atoms with E-state index in [1.54, 1.807) is 48.2 Å². The lowest BCUT2D eigenvalue weighted by molar-refractivity contribution is 0.0773. The number of carbonyl (C=O) groups excluding carboxylic acids is 1. The Hall–Kier alpha value is -1.93. The fourth-order valence-corrected chi connectivity index (χ4v) is 6.16. The fraction of sp³-hybridized carbons (Fsp3) is 0.286. The molecule has 1 aromatic heterocycles. The Bertz CT molecular complexity index is 1150. The third-order valence-corrected chi connectivity index (χ3v) is 8.32. The number of sulfonamides is 1. The third kappa shape index (κ3) is 4.64. The SMILES string of the molecule is CCN(CC)C(=O)c1cccc(CNS(=O)(=O)c2sc3ccc(Cl)cc3c2C)c1. The zero-order valence-corrected chi connectivity index (χ0v) is 18.9. The summed E-state index contributed by atoms with van der Waals surface area (Å²) in [6, 6.07) is 12.4. The van der Waals surface area contributed by atoms with Gasteiger partial charge in [0.25, 0.3) is 15.9 Å². The van der Waals surface area contributed by atoms with E-state index in [0.29, 0.717) is 29.2 Å². The lowest BCUT2D eigenvalue weighted by Gasteiger charge is -2.19. The Balaban J connectivity index is 1.82. The van der Waals surface area contributed by atoms with Gasteiger partial charge in [0, 0.05) is 34.9 Å². The zero-order valence-electron chi connectivity index (χ0n) is 16.5. The highest BCUT2D eigenvalue weighted by Gasteiger charge is 2.22. The summed E-state index contributed by atoms with van der Waals surface area (Å²) in [5.41, 5.74) is 1.97. The molecular weight excluding hydrogens is 428 g/mol. The highest BCUT2D eigenvalue weighted by molar-refractivity contribution is 7.91. The average molecular weight is 451 g/mol. The first-order valence-electron chi connectivity index (χ1n) is 9.33. The number of thiophene rings is 1. The maximum absolute atomic E-state index is 12.9. The van der Waals surface area contributed by atoms with Crippen molar-refractivity contribution in [2.75, 3.05) is 13.1 Å². The van der Waals surface area contributed by atoms with E-state index >= 15 is 0 Å². The second-order valence-corrected chi connectivity index (χ2v) is 10.1. The molecule has 0 saturated heterocycles. The van der Waals surface area contributed by atoms with Gasteiger partial charge in [0.1, 0.15) is 4.21 Å². The maximum atomic E-state index is 12.9. The molecule has 0 spiro atoms. The Morgan fingerprint density at radius 1 is 1.14 bits per heavy atom. The molecule has 0 aliphatic heterocycles. The third-order valence-electron chi connectivity index (χ3n) is 4.79. The second kappa shape index (κ2) is 8.83. The topological polar surface area (TPSA) is 66.5 Å². The summed E-state index contributed by atoms with van der Waals surface area (Å²) in [5, 5.41) is 1.42. The van der Waals surface area contributed by atoms with Crippen molar-refractivity contribution >= 4 is 49.0 Å². The molecule has 0 bridgehead atoms. The lowest BCUT2D eigenvalue weighted by atomic mass is 10.1. The summed E-state index contributed by atoms with van der Waals surface area (Å²) in [6.07, 6.45) is 0. The number of hydrogen-bond donors (Lipinski definition) is 1. The number of halogens is 1. The predicted molar refractivity (Wildman–Crippen MR) is 119 cm³/mol. The first-order valence-corrected chi connectivity index (χ1v) is 12.0. The molecule has 1 N–H and O–H groups in total. The van der Waals surface area contributed by atoms with Crippen LogP contribution in [0.5, 0.6) is 0 Å². The van der Waals surface area contributed by atoms with Gasteiger partial charge in [0.15, 0.2) is 0 Å². The summed E-state index contributed by atoms with van der Waals surface area (Å²) in [7, 11) is -3.69. The summed E-state index contributed by atoms with van der Waals surface area (Å²) >= 11 is 7.27. The summed E-state index contributed by atoms with van der Waals surface area (Å²) in [5.74, 6) is -0.0584. The van der Waals surface area contributed by atoms with Crippen LogP contribution in [-0.4, -0.2) is 32.3 Å². The Kier molecular flexibility index (Phi) is 6.63. The van der Waals surface area contributed by atoms with Crippen LogP contribution in [0.25, 0.3) is 10.1 Å². The van der Waals surface area contributed by atoms with Crippen LogP contribution in [-0.2, 0) is 16.6 Å². The molecule has 3 aromatic rings. The molecule has 0 radical (unpaired) electrons. The van der Waals surface area contributed by atoms with Crippen LogP contribution in [0.3, 0.4) is 0 Å². The van der Waals surface area contributed by atoms with Crippen LogP contribution >= 0.6 is 22.9 Å². The van der Waals surface area contributed by atoms with Gasteiger partial charge in [-0.15, -0.1) is 11.3 Å². The van der Waals surface area contributed by atoms with E-state index < -0.39 is 10.0 Å². The van der Waals surface area contributed by atoms with Gasteiger partial charge in [-0.3, -0.25) is 4.79 Å². The molecule has 0 atom stereocenters. The van der Waals surface area contributed by atoms with E-state index in [9.17, 15) is 13.2 Å². The molecular formula is C21H23ClN2O3S2. The molecule has 1 amide bonds. The van der Waals surface area contributed by atoms with Gasteiger partial charge >= 0.3 is 0 Å². The quantitative estimate of drug-likeness (QED) is 0.561. The number of aryl methyl sites for hydroxylation is 1. The lowest BCUT2D eigenvalue weighted by Crippen LogP contribution is -2.30. The van der Waals surface area contributed by atoms with Crippen molar-refractivity contribution in [3.05, 3.63) is 64.2 Å². The minimum absolute atomic E-state index is 0.0584. The van der Waals surface area contributed by atoms with Crippen molar-refractivity contribution in [3.8, 4) is 0 Å². The number of amides is 1. The second-order valence-electron chi connectivity index (χ2n) is 6.66. The number of nitrogens with one attached hydrogen (secondary N) is 1. The number of hydrogen-bond acceptors (Lipinski definition) is 4. The maximum Gasteiger partial charge on any atom is 0.253 e. The van der Waals surface area contributed by atoms with Gasteiger partial charge in [-0.1, -0.05) is 23.7 Å². The van der Waals surface area contributed by atoms with Crippen molar-refractivity contribution in [2.45, 2.75) is 31.5 Å². The molecule has 0 unspecified atom stereocenters. The molecule has 0 fully saturated rings. The number of benzene rings is 2. The van der Waals surface area contributed by atoms with Crippen molar-refractivity contribution in [1.82, 2.24) is 9.62 Å². The van der Waals surface area contributed by atoms with E-state index in [-0.39, 0.29) is 16.7 Å². The van der Waals surface area contributed by atoms with Crippen molar-refractivity contribution in [2.24, 2.45) is 0 Å². The number of fused-ring (bicyclic) bond motifs is 1. The summed E-state index contributed by atoms with van der Waals surface area (Å²) in [6.45, 7) is 7.01. The molecule has 0 aliphatic carbocycles. The first-order chi connectivity index (χ1) is 13.8. The molecule has 154 valence electrons. The molecule has 5 nitrogen and oxygen atoms in total. The highest BCUT2D eigenvalue weighted by atomic mass is 35.5. The van der Waals surface area contributed by atoms with Gasteiger partial charge in [-0.05, 0) is 67.6 Å².